The predicted octanol–water partition coefficient (Wildman–Crippen LogP) is 1.85. The van der Waals surface area contributed by atoms with Gasteiger partial charge in [-0.05, 0) is 45.8 Å². The van der Waals surface area contributed by atoms with Crippen molar-refractivity contribution in [2.75, 3.05) is 59.5 Å². The fourth-order valence-corrected chi connectivity index (χ4v) is 4.62. The van der Waals surface area contributed by atoms with Crippen LogP contribution in [0.5, 0.6) is 0 Å². The Balaban J connectivity index is 1.63. The average Bonchev–Trinajstić information content (AvgIpc) is 3.08. The van der Waals surface area contributed by atoms with Gasteiger partial charge in [-0.3, -0.25) is 14.5 Å². The summed E-state index contributed by atoms with van der Waals surface area (Å²) in [5.41, 5.74) is 1.38. The Bertz CT molecular complexity index is 542. The SMILES string of the molecule is CCN1CCC[C@@H](CN(C)C(C)CN2CCOCC2)[C@@H]1c1cnn(C)c1. The molecule has 2 saturated heterocycles. The molecule has 0 aliphatic carbocycles. The minimum Gasteiger partial charge on any atom is -0.379 e. The highest BCUT2D eigenvalue weighted by atomic mass is 16.5. The molecule has 3 rings (SSSR count). The smallest absolute Gasteiger partial charge is 0.0594 e. The molecule has 2 aliphatic rings. The van der Waals surface area contributed by atoms with Crippen molar-refractivity contribution in [3.05, 3.63) is 18.0 Å². The summed E-state index contributed by atoms with van der Waals surface area (Å²) in [4.78, 5) is 7.76. The van der Waals surface area contributed by atoms with Crippen molar-refractivity contribution >= 4 is 0 Å². The van der Waals surface area contributed by atoms with Gasteiger partial charge in [0.2, 0.25) is 0 Å². The minimum atomic E-state index is 0.500. The van der Waals surface area contributed by atoms with E-state index in [-0.39, 0.29) is 0 Å². The minimum absolute atomic E-state index is 0.500. The highest BCUT2D eigenvalue weighted by molar-refractivity contribution is 5.13. The zero-order valence-electron chi connectivity index (χ0n) is 17.1. The molecule has 0 bridgehead atoms. The number of ether oxygens (including phenoxy) is 1. The molecule has 0 N–H and O–H groups in total. The molecule has 2 aliphatic heterocycles. The lowest BCUT2D eigenvalue weighted by Crippen LogP contribution is -2.48. The Hall–Kier alpha value is -0.950. The van der Waals surface area contributed by atoms with Crippen molar-refractivity contribution in [1.29, 1.82) is 0 Å². The van der Waals surface area contributed by atoms with Crippen molar-refractivity contribution in [3.63, 3.8) is 0 Å². The van der Waals surface area contributed by atoms with Crippen LogP contribution in [0.25, 0.3) is 0 Å². The van der Waals surface area contributed by atoms with Crippen LogP contribution in [0.1, 0.15) is 38.3 Å². The summed E-state index contributed by atoms with van der Waals surface area (Å²) in [6.45, 7) is 13.2. The molecule has 0 spiro atoms. The summed E-state index contributed by atoms with van der Waals surface area (Å²) in [6.07, 6.45) is 6.90. The Kier molecular flexibility index (Phi) is 7.09. The van der Waals surface area contributed by atoms with E-state index in [0.717, 1.165) is 45.9 Å². The molecule has 0 amide bonds. The van der Waals surface area contributed by atoms with Gasteiger partial charge in [-0.15, -0.1) is 0 Å². The topological polar surface area (TPSA) is 36.8 Å². The summed E-state index contributed by atoms with van der Waals surface area (Å²) < 4.78 is 7.43. The normalized spacial score (nSPS) is 27.1. The number of morpholine rings is 1. The highest BCUT2D eigenvalue weighted by Crippen LogP contribution is 2.36. The number of nitrogens with zero attached hydrogens (tertiary/aromatic N) is 5. The van der Waals surface area contributed by atoms with Gasteiger partial charge in [0.1, 0.15) is 0 Å². The van der Waals surface area contributed by atoms with Gasteiger partial charge < -0.3 is 9.64 Å². The Labute approximate surface area is 159 Å². The van der Waals surface area contributed by atoms with E-state index in [2.05, 4.69) is 53.1 Å². The van der Waals surface area contributed by atoms with Crippen LogP contribution in [-0.4, -0.2) is 90.1 Å². The molecule has 1 aromatic rings. The Morgan fingerprint density at radius 3 is 2.73 bits per heavy atom. The average molecular weight is 364 g/mol. The van der Waals surface area contributed by atoms with E-state index in [0.29, 0.717) is 18.0 Å². The van der Waals surface area contributed by atoms with Gasteiger partial charge in [0.25, 0.3) is 0 Å². The number of piperidine rings is 1. The van der Waals surface area contributed by atoms with Crippen molar-refractivity contribution in [1.82, 2.24) is 24.5 Å². The first kappa shape index (κ1) is 19.8. The molecule has 3 heterocycles. The van der Waals surface area contributed by atoms with E-state index in [1.54, 1.807) is 0 Å². The van der Waals surface area contributed by atoms with Gasteiger partial charge in [-0.2, -0.15) is 5.10 Å². The van der Waals surface area contributed by atoms with Crippen LogP contribution in [-0.2, 0) is 11.8 Å². The number of aryl methyl sites for hydroxylation is 1. The van der Waals surface area contributed by atoms with Gasteiger partial charge >= 0.3 is 0 Å². The van der Waals surface area contributed by atoms with Crippen LogP contribution in [0, 0.1) is 5.92 Å². The van der Waals surface area contributed by atoms with E-state index < -0.39 is 0 Å². The number of hydrogen-bond donors (Lipinski definition) is 0. The van der Waals surface area contributed by atoms with Gasteiger partial charge in [0.05, 0.1) is 19.4 Å². The first-order chi connectivity index (χ1) is 12.6. The summed E-state index contributed by atoms with van der Waals surface area (Å²) >= 11 is 0. The molecule has 6 nitrogen and oxygen atoms in total. The summed E-state index contributed by atoms with van der Waals surface area (Å²) in [5, 5.41) is 4.44. The lowest BCUT2D eigenvalue weighted by molar-refractivity contribution is 0.0202. The van der Waals surface area contributed by atoms with E-state index in [1.165, 1.54) is 24.9 Å². The fourth-order valence-electron chi connectivity index (χ4n) is 4.62. The van der Waals surface area contributed by atoms with Gasteiger partial charge in [-0.25, -0.2) is 0 Å². The lowest BCUT2D eigenvalue weighted by Gasteiger charge is -2.43. The Morgan fingerprint density at radius 2 is 2.08 bits per heavy atom. The third kappa shape index (κ3) is 4.85. The maximum Gasteiger partial charge on any atom is 0.0594 e. The maximum absolute atomic E-state index is 5.48. The van der Waals surface area contributed by atoms with Crippen molar-refractivity contribution in [2.24, 2.45) is 13.0 Å². The third-order valence-electron chi connectivity index (χ3n) is 6.23. The second-order valence-electron chi connectivity index (χ2n) is 8.12. The van der Waals surface area contributed by atoms with Gasteiger partial charge in [0.15, 0.2) is 0 Å². The molecular formula is C20H37N5O. The third-order valence-corrected chi connectivity index (χ3v) is 6.23. The molecule has 0 saturated carbocycles. The zero-order chi connectivity index (χ0) is 18.5. The standard InChI is InChI=1S/C20H37N5O/c1-5-25-8-6-7-18(20(25)19-13-21-23(4)16-19)15-22(3)17(2)14-24-9-11-26-12-10-24/h13,16-18,20H,5-12,14-15H2,1-4H3/t17?,18-,20+/m0/s1. The molecule has 0 radical (unpaired) electrons. The van der Waals surface area contributed by atoms with Gasteiger partial charge in [0, 0.05) is 57.1 Å². The lowest BCUT2D eigenvalue weighted by atomic mass is 9.85. The van der Waals surface area contributed by atoms with Crippen molar-refractivity contribution in [2.45, 2.75) is 38.8 Å². The molecular weight excluding hydrogens is 326 g/mol. The molecule has 6 heteroatoms. The van der Waals surface area contributed by atoms with E-state index in [4.69, 9.17) is 4.74 Å². The van der Waals surface area contributed by atoms with Crippen LogP contribution in [0.3, 0.4) is 0 Å². The van der Waals surface area contributed by atoms with E-state index >= 15 is 0 Å². The van der Waals surface area contributed by atoms with Crippen molar-refractivity contribution in [3.8, 4) is 0 Å². The summed E-state index contributed by atoms with van der Waals surface area (Å²) in [7, 11) is 4.32. The first-order valence-corrected chi connectivity index (χ1v) is 10.3. The summed E-state index contributed by atoms with van der Waals surface area (Å²) in [6, 6.07) is 1.07. The molecule has 148 valence electrons. The molecule has 1 unspecified atom stereocenters. The Morgan fingerprint density at radius 1 is 1.31 bits per heavy atom. The fraction of sp³-hybridized carbons (Fsp3) is 0.850. The number of likely N-dealkylation sites (tertiary alicyclic amines) is 1. The largest absolute Gasteiger partial charge is 0.379 e. The van der Waals surface area contributed by atoms with Crippen LogP contribution in [0.15, 0.2) is 12.4 Å². The van der Waals surface area contributed by atoms with Crippen LogP contribution >= 0.6 is 0 Å². The molecule has 1 aromatic heterocycles. The van der Waals surface area contributed by atoms with E-state index in [1.807, 2.05) is 11.7 Å². The number of aromatic nitrogens is 2. The molecule has 2 fully saturated rings. The van der Waals surface area contributed by atoms with Crippen molar-refractivity contribution < 1.29 is 4.74 Å². The number of hydrogen-bond acceptors (Lipinski definition) is 5. The highest BCUT2D eigenvalue weighted by Gasteiger charge is 2.34. The van der Waals surface area contributed by atoms with Crippen LogP contribution in [0.2, 0.25) is 0 Å². The zero-order valence-corrected chi connectivity index (χ0v) is 17.1. The number of likely N-dealkylation sites (N-methyl/N-ethyl adjacent to an activating group) is 1. The molecule has 3 atom stereocenters. The van der Waals surface area contributed by atoms with Gasteiger partial charge in [-0.1, -0.05) is 6.92 Å². The summed E-state index contributed by atoms with van der Waals surface area (Å²) in [5.74, 6) is 0.671. The quantitative estimate of drug-likeness (QED) is 0.739. The van der Waals surface area contributed by atoms with Crippen LogP contribution < -0.4 is 0 Å². The number of rotatable bonds is 7. The monoisotopic (exact) mass is 363 g/mol. The van der Waals surface area contributed by atoms with Crippen LogP contribution in [0.4, 0.5) is 0 Å². The second kappa shape index (κ2) is 9.31. The molecule has 0 aromatic carbocycles. The first-order valence-electron chi connectivity index (χ1n) is 10.3. The predicted molar refractivity (Wildman–Crippen MR) is 105 cm³/mol. The van der Waals surface area contributed by atoms with E-state index in [9.17, 15) is 0 Å². The maximum atomic E-state index is 5.48. The second-order valence-corrected chi connectivity index (χ2v) is 8.12. The molecule has 26 heavy (non-hydrogen) atoms.